The Bertz CT molecular complexity index is 950. The zero-order valence-electron chi connectivity index (χ0n) is 17.8. The maximum atomic E-state index is 12.3. The summed E-state index contributed by atoms with van der Waals surface area (Å²) in [5, 5.41) is 7.42. The zero-order chi connectivity index (χ0) is 22.3. The van der Waals surface area contributed by atoms with Crippen molar-refractivity contribution < 1.29 is 19.1 Å². The number of halogens is 1. The van der Waals surface area contributed by atoms with Gasteiger partial charge in [0.25, 0.3) is 5.91 Å². The summed E-state index contributed by atoms with van der Waals surface area (Å²) in [5.41, 5.74) is 6.16. The third-order valence-electron chi connectivity index (χ3n) is 4.20. The molecule has 0 radical (unpaired) electrons. The standard InChI is InChI=1S/C22H26ClN3O4/c1-13-6-7-19(29-5)18(8-13)24-20(27)11-16(4)25-26-21(28)12-30-17-9-14(2)22(23)15(3)10-17/h6-10H,11-12H2,1-5H3,(H,24,27)(H,26,28)/b25-16-. The number of hydrogen-bond acceptors (Lipinski definition) is 5. The van der Waals surface area contributed by atoms with Crippen LogP contribution in [0.5, 0.6) is 11.5 Å². The largest absolute Gasteiger partial charge is 0.495 e. The Hall–Kier alpha value is -3.06. The summed E-state index contributed by atoms with van der Waals surface area (Å²) in [6.07, 6.45) is 0.0216. The lowest BCUT2D eigenvalue weighted by Crippen LogP contribution is -2.26. The van der Waals surface area contributed by atoms with Crippen molar-refractivity contribution in [1.82, 2.24) is 5.43 Å². The molecule has 30 heavy (non-hydrogen) atoms. The maximum Gasteiger partial charge on any atom is 0.277 e. The molecule has 2 aromatic rings. The Morgan fingerprint density at radius 2 is 1.73 bits per heavy atom. The van der Waals surface area contributed by atoms with Crippen LogP contribution in [-0.4, -0.2) is 31.2 Å². The van der Waals surface area contributed by atoms with Crippen LogP contribution in [0.25, 0.3) is 0 Å². The summed E-state index contributed by atoms with van der Waals surface area (Å²) in [7, 11) is 1.54. The van der Waals surface area contributed by atoms with Gasteiger partial charge in [-0.2, -0.15) is 5.10 Å². The van der Waals surface area contributed by atoms with E-state index in [1.165, 1.54) is 7.11 Å². The summed E-state index contributed by atoms with van der Waals surface area (Å²) in [5.74, 6) is 0.427. The van der Waals surface area contributed by atoms with E-state index in [4.69, 9.17) is 21.1 Å². The van der Waals surface area contributed by atoms with Gasteiger partial charge in [-0.1, -0.05) is 17.7 Å². The first-order chi connectivity index (χ1) is 14.2. The van der Waals surface area contributed by atoms with Crippen molar-refractivity contribution in [2.75, 3.05) is 19.0 Å². The van der Waals surface area contributed by atoms with E-state index < -0.39 is 5.91 Å². The smallest absolute Gasteiger partial charge is 0.277 e. The number of carbonyl (C=O) groups is 2. The minimum atomic E-state index is -0.430. The van der Waals surface area contributed by atoms with Crippen molar-refractivity contribution in [3.63, 3.8) is 0 Å². The molecular formula is C22H26ClN3O4. The number of hydrogen-bond donors (Lipinski definition) is 2. The van der Waals surface area contributed by atoms with Crippen LogP contribution in [-0.2, 0) is 9.59 Å². The van der Waals surface area contributed by atoms with Gasteiger partial charge in [0.15, 0.2) is 6.61 Å². The van der Waals surface area contributed by atoms with Crippen molar-refractivity contribution in [2.45, 2.75) is 34.1 Å². The first-order valence-corrected chi connectivity index (χ1v) is 9.73. The second kappa shape index (κ2) is 10.6. The summed E-state index contributed by atoms with van der Waals surface area (Å²) in [4.78, 5) is 24.2. The number of aryl methyl sites for hydroxylation is 3. The van der Waals surface area contributed by atoms with E-state index in [1.807, 2.05) is 32.9 Å². The van der Waals surface area contributed by atoms with Crippen molar-refractivity contribution in [3.8, 4) is 11.5 Å². The molecule has 0 unspecified atom stereocenters. The topological polar surface area (TPSA) is 89.0 Å². The minimum Gasteiger partial charge on any atom is -0.495 e. The van der Waals surface area contributed by atoms with E-state index in [2.05, 4.69) is 15.8 Å². The van der Waals surface area contributed by atoms with E-state index in [1.54, 1.807) is 25.1 Å². The van der Waals surface area contributed by atoms with E-state index >= 15 is 0 Å². The van der Waals surface area contributed by atoms with E-state index in [9.17, 15) is 9.59 Å². The first-order valence-electron chi connectivity index (χ1n) is 9.35. The van der Waals surface area contributed by atoms with Gasteiger partial charge in [-0.25, -0.2) is 5.43 Å². The molecular weight excluding hydrogens is 406 g/mol. The van der Waals surface area contributed by atoms with Crippen LogP contribution in [0, 0.1) is 20.8 Å². The fourth-order valence-corrected chi connectivity index (χ4v) is 2.82. The summed E-state index contributed by atoms with van der Waals surface area (Å²) in [6, 6.07) is 9.03. The number of anilines is 1. The third-order valence-corrected chi connectivity index (χ3v) is 4.79. The van der Waals surface area contributed by atoms with Crippen LogP contribution in [0.1, 0.15) is 30.0 Å². The lowest BCUT2D eigenvalue weighted by molar-refractivity contribution is -0.123. The van der Waals surface area contributed by atoms with Gasteiger partial charge < -0.3 is 14.8 Å². The number of ether oxygens (including phenoxy) is 2. The van der Waals surface area contributed by atoms with Gasteiger partial charge in [0.05, 0.1) is 19.2 Å². The predicted molar refractivity (Wildman–Crippen MR) is 119 cm³/mol. The molecule has 0 spiro atoms. The van der Waals surface area contributed by atoms with Crippen LogP contribution < -0.4 is 20.2 Å². The van der Waals surface area contributed by atoms with Crippen molar-refractivity contribution >= 4 is 34.8 Å². The predicted octanol–water partition coefficient (Wildman–Crippen LogP) is 4.17. The number of nitrogens with zero attached hydrogens (tertiary/aromatic N) is 1. The summed E-state index contributed by atoms with van der Waals surface area (Å²) >= 11 is 6.12. The van der Waals surface area contributed by atoms with Gasteiger partial charge in [0, 0.05) is 10.7 Å². The molecule has 0 bridgehead atoms. The second-order valence-corrected chi connectivity index (χ2v) is 7.35. The molecule has 0 aliphatic heterocycles. The number of methoxy groups -OCH3 is 1. The minimum absolute atomic E-state index is 0.0216. The molecule has 0 heterocycles. The van der Waals surface area contributed by atoms with Gasteiger partial charge in [-0.3, -0.25) is 9.59 Å². The third kappa shape index (κ3) is 6.77. The normalized spacial score (nSPS) is 11.1. The first kappa shape index (κ1) is 23.2. The Labute approximate surface area is 181 Å². The fourth-order valence-electron chi connectivity index (χ4n) is 2.71. The quantitative estimate of drug-likeness (QED) is 0.484. The molecule has 0 saturated carbocycles. The van der Waals surface area contributed by atoms with E-state index in [0.29, 0.717) is 27.9 Å². The number of amides is 2. The molecule has 2 rings (SSSR count). The van der Waals surface area contributed by atoms with Gasteiger partial charge >= 0.3 is 0 Å². The molecule has 2 amide bonds. The summed E-state index contributed by atoms with van der Waals surface area (Å²) < 4.78 is 10.7. The average Bonchev–Trinajstić information content (AvgIpc) is 2.68. The van der Waals surface area contributed by atoms with Crippen LogP contribution in [0.15, 0.2) is 35.4 Å². The SMILES string of the molecule is COc1ccc(C)cc1NC(=O)C/C(C)=N\NC(=O)COc1cc(C)c(Cl)c(C)c1. The fraction of sp³-hybridized carbons (Fsp3) is 0.318. The highest BCUT2D eigenvalue weighted by Gasteiger charge is 2.10. The van der Waals surface area contributed by atoms with Gasteiger partial charge in [-0.15, -0.1) is 0 Å². The molecule has 2 N–H and O–H groups in total. The molecule has 0 aliphatic carbocycles. The Kier molecular flexibility index (Phi) is 8.24. The highest BCUT2D eigenvalue weighted by molar-refractivity contribution is 6.32. The number of rotatable bonds is 8. The molecule has 7 nitrogen and oxygen atoms in total. The van der Waals surface area contributed by atoms with Gasteiger partial charge in [0.2, 0.25) is 5.91 Å². The molecule has 0 saturated heterocycles. The average molecular weight is 432 g/mol. The van der Waals surface area contributed by atoms with Crippen molar-refractivity contribution in [1.29, 1.82) is 0 Å². The Morgan fingerprint density at radius 3 is 2.37 bits per heavy atom. The monoisotopic (exact) mass is 431 g/mol. The number of nitrogens with one attached hydrogen (secondary N) is 2. The number of carbonyl (C=O) groups excluding carboxylic acids is 2. The van der Waals surface area contributed by atoms with Crippen LogP contribution in [0.3, 0.4) is 0 Å². The molecule has 160 valence electrons. The molecule has 0 aliphatic rings. The van der Waals surface area contributed by atoms with E-state index in [0.717, 1.165) is 16.7 Å². The number of hydrazone groups is 1. The van der Waals surface area contributed by atoms with Crippen molar-refractivity contribution in [2.24, 2.45) is 5.10 Å². The number of benzene rings is 2. The molecule has 8 heteroatoms. The summed E-state index contributed by atoms with van der Waals surface area (Å²) in [6.45, 7) is 7.11. The van der Waals surface area contributed by atoms with Gasteiger partial charge in [0.1, 0.15) is 11.5 Å². The molecule has 0 atom stereocenters. The lowest BCUT2D eigenvalue weighted by Gasteiger charge is -2.11. The van der Waals surface area contributed by atoms with E-state index in [-0.39, 0.29) is 18.9 Å². The molecule has 0 fully saturated rings. The molecule has 2 aromatic carbocycles. The Morgan fingerprint density at radius 1 is 1.07 bits per heavy atom. The van der Waals surface area contributed by atoms with Crippen LogP contribution in [0.4, 0.5) is 5.69 Å². The van der Waals surface area contributed by atoms with Gasteiger partial charge in [-0.05, 0) is 68.7 Å². The van der Waals surface area contributed by atoms with Crippen LogP contribution in [0.2, 0.25) is 5.02 Å². The highest BCUT2D eigenvalue weighted by Crippen LogP contribution is 2.26. The maximum absolute atomic E-state index is 12.3. The zero-order valence-corrected chi connectivity index (χ0v) is 18.5. The van der Waals surface area contributed by atoms with Crippen LogP contribution >= 0.6 is 11.6 Å². The highest BCUT2D eigenvalue weighted by atomic mass is 35.5. The second-order valence-electron chi connectivity index (χ2n) is 6.97. The lowest BCUT2D eigenvalue weighted by atomic mass is 10.1. The Balaban J connectivity index is 1.85. The van der Waals surface area contributed by atoms with Crippen molar-refractivity contribution in [3.05, 3.63) is 52.0 Å². The molecule has 0 aromatic heterocycles.